The predicted molar refractivity (Wildman–Crippen MR) is 61.5 cm³/mol. The van der Waals surface area contributed by atoms with Crippen molar-refractivity contribution in [3.05, 3.63) is 10.6 Å². The first-order chi connectivity index (χ1) is 8.51. The molecule has 0 aromatic rings. The number of rotatable bonds is 4. The van der Waals surface area contributed by atoms with Gasteiger partial charge in [-0.05, 0) is 6.92 Å². The Morgan fingerprint density at radius 3 is 2.83 bits per heavy atom. The molecule has 1 fully saturated rings. The van der Waals surface area contributed by atoms with Gasteiger partial charge >= 0.3 is 0 Å². The molecule has 8 heteroatoms. The van der Waals surface area contributed by atoms with Gasteiger partial charge < -0.3 is 10.2 Å². The van der Waals surface area contributed by atoms with Gasteiger partial charge in [-0.3, -0.25) is 9.59 Å². The lowest BCUT2D eigenvalue weighted by atomic mass is 10.3. The topological polar surface area (TPSA) is 73.2 Å². The number of thioether (sulfide) groups is 1. The molecule has 1 aliphatic heterocycles. The molecule has 0 aromatic heterocycles. The maximum absolute atomic E-state index is 12.0. The second kappa shape index (κ2) is 6.35. The zero-order valence-corrected chi connectivity index (χ0v) is 10.4. The van der Waals surface area contributed by atoms with E-state index in [0.717, 1.165) is 11.8 Å². The number of nitrogens with zero attached hydrogens (tertiary/aromatic N) is 2. The van der Waals surface area contributed by atoms with Crippen molar-refractivity contribution in [2.75, 3.05) is 18.8 Å². The molecule has 5 nitrogen and oxygen atoms in total. The van der Waals surface area contributed by atoms with Crippen LogP contribution >= 0.6 is 11.8 Å². The highest BCUT2D eigenvalue weighted by Gasteiger charge is 2.30. The summed E-state index contributed by atoms with van der Waals surface area (Å²) in [4.78, 5) is 24.3. The standard InChI is InChI=1S/C10H11F2N3O2S/c1-2-15-8(16)5-18-10(15)6(3-13)9(17)14-4-7(11)12/h7H,2,4-5H2,1H3,(H,14,17)/b10-6-. The lowest BCUT2D eigenvalue weighted by Crippen LogP contribution is -2.32. The van der Waals surface area contributed by atoms with Gasteiger partial charge in [0.05, 0.1) is 12.3 Å². The molecule has 0 radical (unpaired) electrons. The van der Waals surface area contributed by atoms with Crippen molar-refractivity contribution in [2.45, 2.75) is 13.3 Å². The van der Waals surface area contributed by atoms with Crippen LogP contribution in [0.1, 0.15) is 6.92 Å². The Kier molecular flexibility index (Phi) is 5.09. The quantitative estimate of drug-likeness (QED) is 0.605. The maximum atomic E-state index is 12.0. The molecule has 1 saturated heterocycles. The smallest absolute Gasteiger partial charge is 0.264 e. The highest BCUT2D eigenvalue weighted by molar-refractivity contribution is 8.04. The number of carbonyl (C=O) groups is 2. The normalized spacial score (nSPS) is 17.9. The summed E-state index contributed by atoms with van der Waals surface area (Å²) in [7, 11) is 0. The van der Waals surface area contributed by atoms with Crippen LogP contribution < -0.4 is 5.32 Å². The summed E-state index contributed by atoms with van der Waals surface area (Å²) in [5.41, 5.74) is -0.298. The number of nitriles is 1. The van der Waals surface area contributed by atoms with Crippen LogP contribution in [0.5, 0.6) is 0 Å². The summed E-state index contributed by atoms with van der Waals surface area (Å²) in [6.07, 6.45) is -2.68. The van der Waals surface area contributed by atoms with Crippen molar-refractivity contribution in [1.29, 1.82) is 5.26 Å². The van der Waals surface area contributed by atoms with E-state index in [1.54, 1.807) is 13.0 Å². The van der Waals surface area contributed by atoms with Crippen LogP contribution in [0.4, 0.5) is 8.78 Å². The van der Waals surface area contributed by atoms with Gasteiger partial charge in [0.2, 0.25) is 5.91 Å². The molecular formula is C10H11F2N3O2S. The Labute approximate surface area is 107 Å². The second-order valence-electron chi connectivity index (χ2n) is 3.32. The van der Waals surface area contributed by atoms with Crippen molar-refractivity contribution in [1.82, 2.24) is 10.2 Å². The predicted octanol–water partition coefficient (Wildman–Crippen LogP) is 0.698. The third-order valence-corrected chi connectivity index (χ3v) is 3.25. The molecule has 1 N–H and O–H groups in total. The van der Waals surface area contributed by atoms with Gasteiger partial charge in [-0.2, -0.15) is 5.26 Å². The van der Waals surface area contributed by atoms with Gasteiger partial charge in [-0.15, -0.1) is 0 Å². The summed E-state index contributed by atoms with van der Waals surface area (Å²) in [6.45, 7) is 1.21. The highest BCUT2D eigenvalue weighted by Crippen LogP contribution is 2.31. The molecule has 1 rings (SSSR count). The average Bonchev–Trinajstić information content (AvgIpc) is 2.69. The fraction of sp³-hybridized carbons (Fsp3) is 0.500. The molecule has 0 bridgehead atoms. The van der Waals surface area contributed by atoms with E-state index >= 15 is 0 Å². The van der Waals surface area contributed by atoms with Crippen molar-refractivity contribution >= 4 is 23.6 Å². The molecule has 98 valence electrons. The number of halogens is 2. The van der Waals surface area contributed by atoms with Crippen LogP contribution in [0.25, 0.3) is 0 Å². The summed E-state index contributed by atoms with van der Waals surface area (Å²) in [5.74, 6) is -0.934. The first kappa shape index (κ1) is 14.4. The van der Waals surface area contributed by atoms with Gasteiger partial charge in [-0.25, -0.2) is 8.78 Å². The third kappa shape index (κ3) is 3.20. The van der Waals surface area contributed by atoms with E-state index in [-0.39, 0.29) is 22.3 Å². The first-order valence-corrected chi connectivity index (χ1v) is 6.13. The average molecular weight is 275 g/mol. The summed E-state index contributed by atoms with van der Waals surface area (Å²) in [6, 6.07) is 1.66. The Hall–Kier alpha value is -1.62. The Bertz CT molecular complexity index is 431. The highest BCUT2D eigenvalue weighted by atomic mass is 32.2. The van der Waals surface area contributed by atoms with E-state index in [1.807, 2.05) is 5.32 Å². The SMILES string of the molecule is CCN1C(=O)CS/C1=C(/C#N)C(=O)NCC(F)F. The van der Waals surface area contributed by atoms with E-state index in [9.17, 15) is 18.4 Å². The first-order valence-electron chi connectivity index (χ1n) is 5.15. The Morgan fingerprint density at radius 2 is 2.33 bits per heavy atom. The van der Waals surface area contributed by atoms with Crippen molar-refractivity contribution in [3.63, 3.8) is 0 Å². The number of alkyl halides is 2. The minimum Gasteiger partial charge on any atom is -0.346 e. The fourth-order valence-electron chi connectivity index (χ4n) is 1.38. The van der Waals surface area contributed by atoms with E-state index < -0.39 is 18.9 Å². The number of hydrogen-bond acceptors (Lipinski definition) is 4. The molecule has 0 aliphatic carbocycles. The minimum atomic E-state index is -2.68. The zero-order chi connectivity index (χ0) is 13.7. The molecule has 0 atom stereocenters. The lowest BCUT2D eigenvalue weighted by molar-refractivity contribution is -0.125. The lowest BCUT2D eigenvalue weighted by Gasteiger charge is -2.15. The van der Waals surface area contributed by atoms with Crippen molar-refractivity contribution in [2.24, 2.45) is 0 Å². The van der Waals surface area contributed by atoms with Crippen LogP contribution in [0.3, 0.4) is 0 Å². The van der Waals surface area contributed by atoms with E-state index in [0.29, 0.717) is 6.54 Å². The molecule has 18 heavy (non-hydrogen) atoms. The van der Waals surface area contributed by atoms with Crippen LogP contribution in [0.2, 0.25) is 0 Å². The number of nitrogens with one attached hydrogen (secondary N) is 1. The summed E-state index contributed by atoms with van der Waals surface area (Å²) < 4.78 is 23.9. The summed E-state index contributed by atoms with van der Waals surface area (Å²) >= 11 is 1.06. The molecule has 0 spiro atoms. The molecule has 1 aliphatic rings. The molecule has 2 amide bonds. The molecular weight excluding hydrogens is 264 g/mol. The second-order valence-corrected chi connectivity index (χ2v) is 4.28. The van der Waals surface area contributed by atoms with Crippen LogP contribution in [0, 0.1) is 11.3 Å². The molecule has 1 heterocycles. The Balaban J connectivity index is 2.91. The van der Waals surface area contributed by atoms with Gasteiger partial charge in [0, 0.05) is 6.54 Å². The van der Waals surface area contributed by atoms with Crippen LogP contribution in [-0.2, 0) is 9.59 Å². The van der Waals surface area contributed by atoms with Gasteiger partial charge in [0.1, 0.15) is 16.7 Å². The van der Waals surface area contributed by atoms with Gasteiger partial charge in [-0.1, -0.05) is 11.8 Å². The molecule has 0 aromatic carbocycles. The third-order valence-electron chi connectivity index (χ3n) is 2.16. The largest absolute Gasteiger partial charge is 0.346 e. The number of amides is 2. The minimum absolute atomic E-state index is 0.149. The monoisotopic (exact) mass is 275 g/mol. The van der Waals surface area contributed by atoms with Crippen molar-refractivity contribution in [3.8, 4) is 6.07 Å². The van der Waals surface area contributed by atoms with Crippen LogP contribution in [0.15, 0.2) is 10.6 Å². The zero-order valence-electron chi connectivity index (χ0n) is 9.57. The number of hydrogen-bond donors (Lipinski definition) is 1. The van der Waals surface area contributed by atoms with E-state index in [4.69, 9.17) is 5.26 Å². The molecule has 0 saturated carbocycles. The maximum Gasteiger partial charge on any atom is 0.264 e. The molecule has 0 unspecified atom stereocenters. The van der Waals surface area contributed by atoms with E-state index in [2.05, 4.69) is 0 Å². The van der Waals surface area contributed by atoms with Crippen molar-refractivity contribution < 1.29 is 18.4 Å². The van der Waals surface area contributed by atoms with Gasteiger partial charge in [0.25, 0.3) is 12.3 Å². The number of carbonyl (C=O) groups excluding carboxylic acids is 2. The van der Waals surface area contributed by atoms with Crippen LogP contribution in [-0.4, -0.2) is 42.0 Å². The summed E-state index contributed by atoms with van der Waals surface area (Å²) in [5, 5.41) is 11.1. The fourth-order valence-corrected chi connectivity index (χ4v) is 2.47. The van der Waals surface area contributed by atoms with Gasteiger partial charge in [0.15, 0.2) is 0 Å². The Morgan fingerprint density at radius 1 is 1.67 bits per heavy atom. The van der Waals surface area contributed by atoms with E-state index in [1.165, 1.54) is 4.90 Å².